The Morgan fingerprint density at radius 2 is 1.88 bits per heavy atom. The summed E-state index contributed by atoms with van der Waals surface area (Å²) in [6.07, 6.45) is 0. The van der Waals surface area contributed by atoms with Gasteiger partial charge in [0.1, 0.15) is 5.82 Å². The number of nitrogens with two attached hydrogens (primary N) is 1. The summed E-state index contributed by atoms with van der Waals surface area (Å²) in [4.78, 5) is 0. The first-order valence-corrected chi connectivity index (χ1v) is 4.76. The van der Waals surface area contributed by atoms with Gasteiger partial charge in [0, 0.05) is 5.69 Å². The van der Waals surface area contributed by atoms with Gasteiger partial charge >= 0.3 is 0 Å². The van der Waals surface area contributed by atoms with E-state index in [1.54, 1.807) is 30.3 Å². The molecule has 0 spiro atoms. The first-order chi connectivity index (χ1) is 7.70. The number of nitrogen functional groups attached to an aromatic ring is 1. The molecule has 0 bridgehead atoms. The van der Waals surface area contributed by atoms with Crippen LogP contribution in [0.15, 0.2) is 42.5 Å². The van der Waals surface area contributed by atoms with Crippen LogP contribution in [-0.4, -0.2) is 0 Å². The molecule has 0 aliphatic carbocycles. The molecule has 0 fully saturated rings. The Labute approximate surface area is 92.8 Å². The standard InChI is InChI=1S/C13H9FN2/c14-11-5-10(6-12(16)7-11)13-4-2-1-3-9(13)8-15/h1-7H,16H2. The molecule has 2 rings (SSSR count). The monoisotopic (exact) mass is 212 g/mol. The molecule has 0 aliphatic heterocycles. The Kier molecular flexibility index (Phi) is 2.57. The molecule has 0 unspecified atom stereocenters. The van der Waals surface area contributed by atoms with Crippen molar-refractivity contribution in [3.8, 4) is 17.2 Å². The van der Waals surface area contributed by atoms with Crippen LogP contribution in [0.25, 0.3) is 11.1 Å². The number of benzene rings is 2. The van der Waals surface area contributed by atoms with E-state index in [-0.39, 0.29) is 0 Å². The molecule has 2 aromatic carbocycles. The Morgan fingerprint density at radius 3 is 2.56 bits per heavy atom. The van der Waals surface area contributed by atoms with Crippen LogP contribution in [0.2, 0.25) is 0 Å². The maximum absolute atomic E-state index is 13.2. The fourth-order valence-corrected chi connectivity index (χ4v) is 1.60. The van der Waals surface area contributed by atoms with E-state index >= 15 is 0 Å². The highest BCUT2D eigenvalue weighted by Crippen LogP contribution is 2.25. The largest absolute Gasteiger partial charge is 0.399 e. The lowest BCUT2D eigenvalue weighted by atomic mass is 10.00. The van der Waals surface area contributed by atoms with Crippen LogP contribution in [0.5, 0.6) is 0 Å². The van der Waals surface area contributed by atoms with Gasteiger partial charge in [-0.25, -0.2) is 4.39 Å². The van der Waals surface area contributed by atoms with Crippen LogP contribution in [0.4, 0.5) is 10.1 Å². The Hall–Kier alpha value is -2.34. The molecule has 0 aromatic heterocycles. The van der Waals surface area contributed by atoms with E-state index in [0.29, 0.717) is 22.4 Å². The van der Waals surface area contributed by atoms with E-state index < -0.39 is 5.82 Å². The fraction of sp³-hybridized carbons (Fsp3) is 0. The molecule has 2 aromatic rings. The first-order valence-electron chi connectivity index (χ1n) is 4.76. The molecule has 0 saturated carbocycles. The van der Waals surface area contributed by atoms with E-state index in [9.17, 15) is 4.39 Å². The maximum Gasteiger partial charge on any atom is 0.125 e. The van der Waals surface area contributed by atoms with Crippen molar-refractivity contribution in [3.05, 3.63) is 53.8 Å². The van der Waals surface area contributed by atoms with Crippen molar-refractivity contribution in [2.75, 3.05) is 5.73 Å². The van der Waals surface area contributed by atoms with Crippen molar-refractivity contribution in [2.24, 2.45) is 0 Å². The highest BCUT2D eigenvalue weighted by atomic mass is 19.1. The maximum atomic E-state index is 13.2. The van der Waals surface area contributed by atoms with Gasteiger partial charge < -0.3 is 5.73 Å². The van der Waals surface area contributed by atoms with Gasteiger partial charge in [0.15, 0.2) is 0 Å². The minimum Gasteiger partial charge on any atom is -0.399 e. The minimum absolute atomic E-state index is 0.350. The third-order valence-electron chi connectivity index (χ3n) is 2.28. The van der Waals surface area contributed by atoms with Crippen LogP contribution in [-0.2, 0) is 0 Å². The first kappa shape index (κ1) is 10.2. The number of nitriles is 1. The van der Waals surface area contributed by atoms with Crippen LogP contribution in [0, 0.1) is 17.1 Å². The second-order valence-corrected chi connectivity index (χ2v) is 3.43. The van der Waals surface area contributed by atoms with Gasteiger partial charge in [-0.3, -0.25) is 0 Å². The highest BCUT2D eigenvalue weighted by Gasteiger charge is 2.05. The minimum atomic E-state index is -0.400. The molecule has 78 valence electrons. The lowest BCUT2D eigenvalue weighted by Crippen LogP contribution is -1.90. The van der Waals surface area contributed by atoms with Gasteiger partial charge in [-0.1, -0.05) is 18.2 Å². The van der Waals surface area contributed by atoms with Crippen molar-refractivity contribution in [1.82, 2.24) is 0 Å². The lowest BCUT2D eigenvalue weighted by Gasteiger charge is -2.05. The van der Waals surface area contributed by atoms with Gasteiger partial charge in [0.25, 0.3) is 0 Å². The van der Waals surface area contributed by atoms with Crippen LogP contribution >= 0.6 is 0 Å². The van der Waals surface area contributed by atoms with E-state index in [4.69, 9.17) is 11.0 Å². The second kappa shape index (κ2) is 4.03. The zero-order valence-corrected chi connectivity index (χ0v) is 8.44. The molecule has 0 amide bonds. The van der Waals surface area contributed by atoms with Crippen LogP contribution < -0.4 is 5.73 Å². The molecule has 0 heterocycles. The van der Waals surface area contributed by atoms with Crippen LogP contribution in [0.1, 0.15) is 5.56 Å². The average molecular weight is 212 g/mol. The number of hydrogen-bond donors (Lipinski definition) is 1. The zero-order chi connectivity index (χ0) is 11.5. The normalized spacial score (nSPS) is 9.75. The fourth-order valence-electron chi connectivity index (χ4n) is 1.60. The molecule has 3 heteroatoms. The zero-order valence-electron chi connectivity index (χ0n) is 8.44. The molecule has 0 aliphatic rings. The third kappa shape index (κ3) is 1.86. The third-order valence-corrected chi connectivity index (χ3v) is 2.28. The van der Waals surface area contributed by atoms with Gasteiger partial charge in [0.05, 0.1) is 11.6 Å². The van der Waals surface area contributed by atoms with Gasteiger partial charge in [0.2, 0.25) is 0 Å². The number of anilines is 1. The summed E-state index contributed by atoms with van der Waals surface area (Å²) < 4.78 is 13.2. The summed E-state index contributed by atoms with van der Waals surface area (Å²) in [6.45, 7) is 0. The molecule has 16 heavy (non-hydrogen) atoms. The van der Waals surface area contributed by atoms with Crippen molar-refractivity contribution in [2.45, 2.75) is 0 Å². The van der Waals surface area contributed by atoms with E-state index in [1.165, 1.54) is 12.1 Å². The topological polar surface area (TPSA) is 49.8 Å². The summed E-state index contributed by atoms with van der Waals surface area (Å²) in [5, 5.41) is 8.94. The SMILES string of the molecule is N#Cc1ccccc1-c1cc(N)cc(F)c1. The summed E-state index contributed by atoms with van der Waals surface area (Å²) in [7, 11) is 0. The Balaban J connectivity index is 2.63. The molecule has 2 nitrogen and oxygen atoms in total. The van der Waals surface area contributed by atoms with E-state index in [0.717, 1.165) is 0 Å². The Morgan fingerprint density at radius 1 is 1.12 bits per heavy atom. The molecule has 0 atom stereocenters. The van der Waals surface area contributed by atoms with E-state index in [2.05, 4.69) is 6.07 Å². The van der Waals surface area contributed by atoms with Crippen molar-refractivity contribution in [3.63, 3.8) is 0 Å². The van der Waals surface area contributed by atoms with Crippen LogP contribution in [0.3, 0.4) is 0 Å². The summed E-state index contributed by atoms with van der Waals surface area (Å²) in [5.74, 6) is -0.400. The predicted molar refractivity (Wildman–Crippen MR) is 61.0 cm³/mol. The molecule has 0 radical (unpaired) electrons. The summed E-state index contributed by atoms with van der Waals surface area (Å²) in [5.41, 5.74) is 7.73. The molecule has 2 N–H and O–H groups in total. The van der Waals surface area contributed by atoms with Crippen molar-refractivity contribution in [1.29, 1.82) is 5.26 Å². The lowest BCUT2D eigenvalue weighted by molar-refractivity contribution is 0.629. The van der Waals surface area contributed by atoms with Crippen molar-refractivity contribution < 1.29 is 4.39 Å². The molecule has 0 saturated heterocycles. The number of hydrogen-bond acceptors (Lipinski definition) is 2. The number of rotatable bonds is 1. The smallest absolute Gasteiger partial charge is 0.125 e. The van der Waals surface area contributed by atoms with E-state index in [1.807, 2.05) is 0 Å². The molecular weight excluding hydrogens is 203 g/mol. The predicted octanol–water partition coefficient (Wildman–Crippen LogP) is 2.95. The summed E-state index contributed by atoms with van der Waals surface area (Å²) in [6, 6.07) is 13.4. The van der Waals surface area contributed by atoms with Gasteiger partial charge in [-0.2, -0.15) is 5.26 Å². The Bertz CT molecular complexity index is 550. The average Bonchev–Trinajstić information content (AvgIpc) is 2.27. The second-order valence-electron chi connectivity index (χ2n) is 3.43. The highest BCUT2D eigenvalue weighted by molar-refractivity contribution is 5.72. The number of nitrogens with zero attached hydrogens (tertiary/aromatic N) is 1. The quantitative estimate of drug-likeness (QED) is 0.739. The van der Waals surface area contributed by atoms with Gasteiger partial charge in [-0.15, -0.1) is 0 Å². The summed E-state index contributed by atoms with van der Waals surface area (Å²) >= 11 is 0. The molecular formula is C13H9FN2. The van der Waals surface area contributed by atoms with Crippen molar-refractivity contribution >= 4 is 5.69 Å². The number of halogens is 1. The van der Waals surface area contributed by atoms with Gasteiger partial charge in [-0.05, 0) is 35.4 Å².